The minimum Gasteiger partial charge on any atom is -0.395 e. The van der Waals surface area contributed by atoms with Gasteiger partial charge in [-0.2, -0.15) is 0 Å². The number of nitrogens with zero attached hydrogens (tertiary/aromatic N) is 2. The molecular formula is C7H11N3O2. The minimum absolute atomic E-state index is 0.273. The zero-order valence-corrected chi connectivity index (χ0v) is 6.46. The van der Waals surface area contributed by atoms with Crippen molar-refractivity contribution in [3.8, 4) is 0 Å². The third-order valence-electron chi connectivity index (χ3n) is 1.52. The van der Waals surface area contributed by atoms with Gasteiger partial charge in [0.05, 0.1) is 18.3 Å². The predicted molar refractivity (Wildman–Crippen MR) is 42.1 cm³/mol. The van der Waals surface area contributed by atoms with E-state index in [9.17, 15) is 5.11 Å². The molecule has 5 heteroatoms. The molecule has 1 aromatic heterocycles. The fraction of sp³-hybridized carbons (Fsp3) is 0.429. The molecule has 2 atom stereocenters. The van der Waals surface area contributed by atoms with E-state index in [0.29, 0.717) is 5.69 Å². The highest BCUT2D eigenvalue weighted by molar-refractivity contribution is 5.04. The summed E-state index contributed by atoms with van der Waals surface area (Å²) in [6.45, 7) is -0.273. The third kappa shape index (κ3) is 1.97. The lowest BCUT2D eigenvalue weighted by Crippen LogP contribution is -2.32. The topological polar surface area (TPSA) is 92.3 Å². The van der Waals surface area contributed by atoms with Gasteiger partial charge in [-0.15, -0.1) is 0 Å². The van der Waals surface area contributed by atoms with E-state index in [4.69, 9.17) is 10.8 Å². The SMILES string of the molecule is NC(CO)C(O)c1ccncn1. The quantitative estimate of drug-likeness (QED) is 0.530. The summed E-state index contributed by atoms with van der Waals surface area (Å²) in [5.41, 5.74) is 5.81. The van der Waals surface area contributed by atoms with Gasteiger partial charge in [0.2, 0.25) is 0 Å². The van der Waals surface area contributed by atoms with Crippen molar-refractivity contribution in [2.24, 2.45) is 5.73 Å². The lowest BCUT2D eigenvalue weighted by atomic mass is 10.1. The van der Waals surface area contributed by atoms with Crippen molar-refractivity contribution in [1.82, 2.24) is 9.97 Å². The number of rotatable bonds is 3. The summed E-state index contributed by atoms with van der Waals surface area (Å²) < 4.78 is 0. The molecule has 12 heavy (non-hydrogen) atoms. The first-order valence-corrected chi connectivity index (χ1v) is 3.56. The molecule has 66 valence electrons. The summed E-state index contributed by atoms with van der Waals surface area (Å²) in [6, 6.07) is 0.861. The van der Waals surface area contributed by atoms with Crippen LogP contribution in [0.2, 0.25) is 0 Å². The van der Waals surface area contributed by atoms with Crippen molar-refractivity contribution in [3.63, 3.8) is 0 Å². The highest BCUT2D eigenvalue weighted by Crippen LogP contribution is 2.10. The van der Waals surface area contributed by atoms with Gasteiger partial charge < -0.3 is 15.9 Å². The van der Waals surface area contributed by atoms with E-state index in [1.54, 1.807) is 6.07 Å². The zero-order valence-electron chi connectivity index (χ0n) is 6.46. The Morgan fingerprint density at radius 3 is 2.83 bits per heavy atom. The molecule has 2 unspecified atom stereocenters. The smallest absolute Gasteiger partial charge is 0.115 e. The number of hydrogen-bond acceptors (Lipinski definition) is 5. The molecule has 0 aliphatic rings. The van der Waals surface area contributed by atoms with Crippen LogP contribution in [0.15, 0.2) is 18.6 Å². The molecule has 0 aliphatic carbocycles. The van der Waals surface area contributed by atoms with E-state index < -0.39 is 12.1 Å². The predicted octanol–water partition coefficient (Wildman–Crippen LogP) is -1.17. The fourth-order valence-electron chi connectivity index (χ4n) is 0.795. The average molecular weight is 169 g/mol. The molecule has 0 spiro atoms. The van der Waals surface area contributed by atoms with Crippen molar-refractivity contribution in [2.75, 3.05) is 6.61 Å². The van der Waals surface area contributed by atoms with Gasteiger partial charge in [-0.05, 0) is 6.07 Å². The summed E-state index contributed by atoms with van der Waals surface area (Å²) in [4.78, 5) is 7.48. The normalized spacial score (nSPS) is 15.6. The molecule has 0 amide bonds. The van der Waals surface area contributed by atoms with E-state index in [1.807, 2.05) is 0 Å². The molecule has 0 aliphatic heterocycles. The maximum atomic E-state index is 9.41. The van der Waals surface area contributed by atoms with Crippen LogP contribution in [0.5, 0.6) is 0 Å². The first-order chi connectivity index (χ1) is 5.75. The Bertz CT molecular complexity index is 229. The Morgan fingerprint density at radius 2 is 2.33 bits per heavy atom. The minimum atomic E-state index is -0.932. The number of aliphatic hydroxyl groups excluding tert-OH is 2. The van der Waals surface area contributed by atoms with Gasteiger partial charge in [-0.25, -0.2) is 9.97 Å². The monoisotopic (exact) mass is 169 g/mol. The van der Waals surface area contributed by atoms with Crippen LogP contribution in [0, 0.1) is 0 Å². The summed E-state index contributed by atoms with van der Waals surface area (Å²) in [6.07, 6.45) is 1.90. The fourth-order valence-corrected chi connectivity index (χ4v) is 0.795. The van der Waals surface area contributed by atoms with E-state index in [1.165, 1.54) is 12.5 Å². The van der Waals surface area contributed by atoms with Crippen LogP contribution >= 0.6 is 0 Å². The standard InChI is InChI=1S/C7H11N3O2/c8-5(3-11)7(12)6-1-2-9-4-10-6/h1-2,4-5,7,11-12H,3,8H2. The van der Waals surface area contributed by atoms with Gasteiger partial charge in [0.1, 0.15) is 12.4 Å². The second kappa shape index (κ2) is 4.10. The maximum absolute atomic E-state index is 9.41. The number of aliphatic hydroxyl groups is 2. The van der Waals surface area contributed by atoms with Gasteiger partial charge >= 0.3 is 0 Å². The molecule has 1 aromatic rings. The average Bonchev–Trinajstić information content (AvgIpc) is 2.17. The van der Waals surface area contributed by atoms with Crippen molar-refractivity contribution >= 4 is 0 Å². The summed E-state index contributed by atoms with van der Waals surface area (Å²) >= 11 is 0. The van der Waals surface area contributed by atoms with Crippen LogP contribution in [-0.4, -0.2) is 32.8 Å². The van der Waals surface area contributed by atoms with Crippen LogP contribution in [-0.2, 0) is 0 Å². The lowest BCUT2D eigenvalue weighted by molar-refractivity contribution is 0.106. The number of aromatic nitrogens is 2. The third-order valence-corrected chi connectivity index (χ3v) is 1.52. The van der Waals surface area contributed by atoms with Gasteiger partial charge in [-0.1, -0.05) is 0 Å². The van der Waals surface area contributed by atoms with Gasteiger partial charge in [-0.3, -0.25) is 0 Å². The largest absolute Gasteiger partial charge is 0.395 e. The molecule has 1 rings (SSSR count). The van der Waals surface area contributed by atoms with Crippen molar-refractivity contribution < 1.29 is 10.2 Å². The Morgan fingerprint density at radius 1 is 1.58 bits per heavy atom. The van der Waals surface area contributed by atoms with E-state index in [0.717, 1.165) is 0 Å². The molecule has 0 fully saturated rings. The summed E-state index contributed by atoms with van der Waals surface area (Å²) in [5, 5.41) is 18.1. The first-order valence-electron chi connectivity index (χ1n) is 3.56. The highest BCUT2D eigenvalue weighted by Gasteiger charge is 2.16. The van der Waals surface area contributed by atoms with Crippen molar-refractivity contribution in [1.29, 1.82) is 0 Å². The second-order valence-corrected chi connectivity index (χ2v) is 2.43. The Kier molecular flexibility index (Phi) is 3.09. The van der Waals surface area contributed by atoms with Crippen molar-refractivity contribution in [3.05, 3.63) is 24.3 Å². The van der Waals surface area contributed by atoms with E-state index >= 15 is 0 Å². The molecule has 0 aromatic carbocycles. The van der Waals surface area contributed by atoms with Crippen LogP contribution in [0.4, 0.5) is 0 Å². The molecule has 5 nitrogen and oxygen atoms in total. The van der Waals surface area contributed by atoms with Gasteiger partial charge in [0, 0.05) is 6.20 Å². The highest BCUT2D eigenvalue weighted by atomic mass is 16.3. The Balaban J connectivity index is 2.71. The molecule has 0 radical (unpaired) electrons. The van der Waals surface area contributed by atoms with Gasteiger partial charge in [0.15, 0.2) is 0 Å². The molecule has 1 heterocycles. The molecule has 0 saturated carbocycles. The van der Waals surface area contributed by atoms with Gasteiger partial charge in [0.25, 0.3) is 0 Å². The Labute approximate surface area is 69.9 Å². The zero-order chi connectivity index (χ0) is 8.97. The van der Waals surface area contributed by atoms with Crippen LogP contribution < -0.4 is 5.73 Å². The van der Waals surface area contributed by atoms with Crippen LogP contribution in [0.3, 0.4) is 0 Å². The summed E-state index contributed by atoms with van der Waals surface area (Å²) in [7, 11) is 0. The molecule has 0 bridgehead atoms. The van der Waals surface area contributed by atoms with Crippen molar-refractivity contribution in [2.45, 2.75) is 12.1 Å². The van der Waals surface area contributed by atoms with Crippen LogP contribution in [0.1, 0.15) is 11.8 Å². The maximum Gasteiger partial charge on any atom is 0.115 e. The lowest BCUT2D eigenvalue weighted by Gasteiger charge is -2.14. The summed E-state index contributed by atoms with van der Waals surface area (Å²) in [5.74, 6) is 0. The number of nitrogens with two attached hydrogens (primary N) is 1. The first kappa shape index (κ1) is 9.05. The number of hydrogen-bond donors (Lipinski definition) is 3. The molecule has 0 saturated heterocycles. The second-order valence-electron chi connectivity index (χ2n) is 2.43. The molecule has 4 N–H and O–H groups in total. The van der Waals surface area contributed by atoms with Crippen LogP contribution in [0.25, 0.3) is 0 Å². The van der Waals surface area contributed by atoms with E-state index in [-0.39, 0.29) is 6.61 Å². The van der Waals surface area contributed by atoms with E-state index in [2.05, 4.69) is 9.97 Å². The molecular weight excluding hydrogens is 158 g/mol. The Hall–Kier alpha value is -1.04.